The van der Waals surface area contributed by atoms with Gasteiger partial charge in [0.15, 0.2) is 0 Å². The molecule has 0 aromatic carbocycles. The Hall–Kier alpha value is -2.02. The van der Waals surface area contributed by atoms with Gasteiger partial charge in [0.2, 0.25) is 5.95 Å². The molecule has 1 aromatic rings. The van der Waals surface area contributed by atoms with Crippen molar-refractivity contribution in [2.24, 2.45) is 0 Å². The third-order valence-electron chi connectivity index (χ3n) is 2.32. The molecule has 0 aliphatic carbocycles. The van der Waals surface area contributed by atoms with E-state index in [9.17, 15) is 9.59 Å². The molecule has 0 N–H and O–H groups in total. The molecule has 2 heterocycles. The van der Waals surface area contributed by atoms with Gasteiger partial charge in [-0.05, 0) is 0 Å². The second-order valence-electron chi connectivity index (χ2n) is 3.37. The lowest BCUT2D eigenvalue weighted by Crippen LogP contribution is -2.37. The maximum atomic E-state index is 11.2. The highest BCUT2D eigenvalue weighted by molar-refractivity contribution is 5.92. The van der Waals surface area contributed by atoms with E-state index in [1.807, 2.05) is 4.90 Å². The lowest BCUT2D eigenvalue weighted by molar-refractivity contribution is -0.123. The van der Waals surface area contributed by atoms with E-state index in [2.05, 4.69) is 14.7 Å². The summed E-state index contributed by atoms with van der Waals surface area (Å²) in [4.78, 5) is 31.2. The number of carbonyl (C=O) groups is 2. The summed E-state index contributed by atoms with van der Waals surface area (Å²) in [6, 6.07) is 0. The minimum Gasteiger partial charge on any atom is -0.392 e. The van der Waals surface area contributed by atoms with Crippen molar-refractivity contribution in [2.75, 3.05) is 31.2 Å². The predicted molar refractivity (Wildman–Crippen MR) is 56.5 cm³/mol. The third-order valence-corrected chi connectivity index (χ3v) is 2.32. The van der Waals surface area contributed by atoms with E-state index in [4.69, 9.17) is 4.74 Å². The van der Waals surface area contributed by atoms with E-state index in [0.717, 1.165) is 13.1 Å². The number of ether oxygens (including phenoxy) is 2. The highest BCUT2D eigenvalue weighted by atomic mass is 16.6. The van der Waals surface area contributed by atoms with Crippen LogP contribution in [0, 0.1) is 0 Å². The molecule has 1 aliphatic rings. The van der Waals surface area contributed by atoms with Crippen LogP contribution in [-0.2, 0) is 14.3 Å². The fourth-order valence-corrected chi connectivity index (χ4v) is 1.47. The Balaban J connectivity index is 2.06. The minimum atomic E-state index is -0.756. The predicted octanol–water partition coefficient (Wildman–Crippen LogP) is -0.374. The molecule has 17 heavy (non-hydrogen) atoms. The van der Waals surface area contributed by atoms with Crippen molar-refractivity contribution in [1.82, 2.24) is 9.97 Å². The molecule has 0 radical (unpaired) electrons. The summed E-state index contributed by atoms with van der Waals surface area (Å²) in [6.07, 6.45) is 2.67. The Labute approximate surface area is 97.4 Å². The van der Waals surface area contributed by atoms with Crippen molar-refractivity contribution in [3.05, 3.63) is 18.0 Å². The van der Waals surface area contributed by atoms with Gasteiger partial charge in [-0.25, -0.2) is 14.8 Å². The highest BCUT2D eigenvalue weighted by Crippen LogP contribution is 2.09. The Morgan fingerprint density at radius 1 is 1.35 bits per heavy atom. The fourth-order valence-electron chi connectivity index (χ4n) is 1.47. The molecular formula is C10H11N3O4. The summed E-state index contributed by atoms with van der Waals surface area (Å²) in [5.74, 6) is -0.218. The fraction of sp³-hybridized carbons (Fsp3) is 0.400. The van der Waals surface area contributed by atoms with E-state index < -0.39 is 5.97 Å². The number of nitrogens with zero attached hydrogens (tertiary/aromatic N) is 3. The number of aromatic nitrogens is 2. The number of rotatable bonds is 3. The smallest absolute Gasteiger partial charge is 0.348 e. The van der Waals surface area contributed by atoms with Crippen LogP contribution in [0.2, 0.25) is 0 Å². The summed E-state index contributed by atoms with van der Waals surface area (Å²) in [7, 11) is 0. The van der Waals surface area contributed by atoms with Crippen molar-refractivity contribution in [1.29, 1.82) is 0 Å². The Kier molecular flexibility index (Phi) is 3.61. The molecule has 0 unspecified atom stereocenters. The van der Waals surface area contributed by atoms with Crippen molar-refractivity contribution in [3.63, 3.8) is 0 Å². The zero-order valence-electron chi connectivity index (χ0n) is 9.04. The Morgan fingerprint density at radius 2 is 2.00 bits per heavy atom. The molecule has 0 atom stereocenters. The molecule has 1 aliphatic heterocycles. The average molecular weight is 237 g/mol. The van der Waals surface area contributed by atoms with Crippen LogP contribution in [0.5, 0.6) is 0 Å². The van der Waals surface area contributed by atoms with Gasteiger partial charge in [-0.1, -0.05) is 0 Å². The Morgan fingerprint density at radius 3 is 2.59 bits per heavy atom. The van der Waals surface area contributed by atoms with Gasteiger partial charge in [0.05, 0.1) is 18.8 Å². The van der Waals surface area contributed by atoms with Gasteiger partial charge < -0.3 is 14.4 Å². The van der Waals surface area contributed by atoms with E-state index in [-0.39, 0.29) is 12.0 Å². The van der Waals surface area contributed by atoms with Gasteiger partial charge in [-0.2, -0.15) is 0 Å². The monoisotopic (exact) mass is 237 g/mol. The van der Waals surface area contributed by atoms with Gasteiger partial charge in [0.25, 0.3) is 0 Å². The third kappa shape index (κ3) is 2.76. The molecule has 1 fully saturated rings. The van der Waals surface area contributed by atoms with Crippen LogP contribution < -0.4 is 4.90 Å². The molecule has 1 aromatic heterocycles. The van der Waals surface area contributed by atoms with Gasteiger partial charge >= 0.3 is 12.4 Å². The summed E-state index contributed by atoms with van der Waals surface area (Å²) in [6.45, 7) is 2.80. The SMILES string of the molecule is O=COC(=O)c1cnc(N2CCOCC2)nc1. The molecule has 1 saturated heterocycles. The lowest BCUT2D eigenvalue weighted by Gasteiger charge is -2.26. The first-order valence-electron chi connectivity index (χ1n) is 5.10. The first-order valence-corrected chi connectivity index (χ1v) is 5.10. The molecule has 0 amide bonds. The normalized spacial score (nSPS) is 15.4. The van der Waals surface area contributed by atoms with Crippen molar-refractivity contribution in [2.45, 2.75) is 0 Å². The maximum Gasteiger partial charge on any atom is 0.348 e. The van der Waals surface area contributed by atoms with Crippen LogP contribution in [0.1, 0.15) is 10.4 Å². The lowest BCUT2D eigenvalue weighted by atomic mass is 10.3. The molecule has 7 heteroatoms. The second kappa shape index (κ2) is 5.35. The molecule has 7 nitrogen and oxygen atoms in total. The minimum absolute atomic E-state index is 0.0816. The topological polar surface area (TPSA) is 81.6 Å². The number of esters is 1. The molecule has 0 bridgehead atoms. The highest BCUT2D eigenvalue weighted by Gasteiger charge is 2.15. The van der Waals surface area contributed by atoms with Crippen LogP contribution in [0.25, 0.3) is 0 Å². The van der Waals surface area contributed by atoms with Gasteiger partial charge in [0, 0.05) is 25.5 Å². The number of anilines is 1. The molecule has 90 valence electrons. The van der Waals surface area contributed by atoms with Crippen LogP contribution in [0.4, 0.5) is 5.95 Å². The molecule has 0 saturated carbocycles. The Bertz CT molecular complexity index is 401. The molecule has 2 rings (SSSR count). The largest absolute Gasteiger partial charge is 0.392 e. The van der Waals surface area contributed by atoms with Gasteiger partial charge in [-0.3, -0.25) is 4.79 Å². The number of hydrogen-bond donors (Lipinski definition) is 0. The van der Waals surface area contributed by atoms with Gasteiger partial charge in [0.1, 0.15) is 0 Å². The first-order chi connectivity index (χ1) is 8.31. The van der Waals surface area contributed by atoms with Crippen LogP contribution >= 0.6 is 0 Å². The van der Waals surface area contributed by atoms with Crippen LogP contribution in [-0.4, -0.2) is 48.7 Å². The quantitative estimate of drug-likeness (QED) is 0.403. The second-order valence-corrected chi connectivity index (χ2v) is 3.37. The van der Waals surface area contributed by atoms with E-state index >= 15 is 0 Å². The summed E-state index contributed by atoms with van der Waals surface area (Å²) >= 11 is 0. The van der Waals surface area contributed by atoms with Crippen LogP contribution in [0.3, 0.4) is 0 Å². The van der Waals surface area contributed by atoms with Crippen molar-refractivity contribution < 1.29 is 19.1 Å². The van der Waals surface area contributed by atoms with Gasteiger partial charge in [-0.15, -0.1) is 0 Å². The maximum absolute atomic E-state index is 11.2. The zero-order valence-corrected chi connectivity index (χ0v) is 9.04. The summed E-state index contributed by atoms with van der Waals surface area (Å²) < 4.78 is 9.39. The van der Waals surface area contributed by atoms with E-state index in [0.29, 0.717) is 19.2 Å². The molecule has 0 spiro atoms. The standard InChI is InChI=1S/C10H11N3O4/c14-7-17-9(15)8-5-11-10(12-6-8)13-1-3-16-4-2-13/h5-7H,1-4H2. The van der Waals surface area contributed by atoms with E-state index in [1.165, 1.54) is 12.4 Å². The number of hydrogen-bond acceptors (Lipinski definition) is 7. The summed E-state index contributed by atoms with van der Waals surface area (Å²) in [5.41, 5.74) is 0.147. The number of carbonyl (C=O) groups excluding carboxylic acids is 2. The van der Waals surface area contributed by atoms with Crippen molar-refractivity contribution in [3.8, 4) is 0 Å². The first kappa shape index (κ1) is 11.5. The van der Waals surface area contributed by atoms with Crippen LogP contribution in [0.15, 0.2) is 12.4 Å². The molecular weight excluding hydrogens is 226 g/mol. The zero-order chi connectivity index (χ0) is 12.1. The van der Waals surface area contributed by atoms with Crippen molar-refractivity contribution >= 4 is 18.4 Å². The van der Waals surface area contributed by atoms with E-state index in [1.54, 1.807) is 0 Å². The number of morpholine rings is 1. The average Bonchev–Trinajstić information content (AvgIpc) is 2.40. The summed E-state index contributed by atoms with van der Waals surface area (Å²) in [5, 5.41) is 0.